The molecule has 1 amide bonds. The lowest BCUT2D eigenvalue weighted by atomic mass is 9.97. The smallest absolute Gasteiger partial charge is 0.237 e. The summed E-state index contributed by atoms with van der Waals surface area (Å²) in [6, 6.07) is 8.45. The van der Waals surface area contributed by atoms with Crippen LogP contribution in [0.15, 0.2) is 24.3 Å². The molecule has 0 aliphatic rings. The van der Waals surface area contributed by atoms with Crippen molar-refractivity contribution in [3.05, 3.63) is 35.4 Å². The maximum atomic E-state index is 11.3. The van der Waals surface area contributed by atoms with E-state index in [2.05, 4.69) is 38.1 Å². The number of carbonyl (C=O) groups is 1. The molecule has 0 saturated carbocycles. The average molecular weight is 254 g/mol. The van der Waals surface area contributed by atoms with Crippen LogP contribution in [0.4, 0.5) is 0 Å². The summed E-state index contributed by atoms with van der Waals surface area (Å²) in [5.41, 5.74) is 2.49. The summed E-state index contributed by atoms with van der Waals surface area (Å²) in [5, 5.41) is 0. The van der Waals surface area contributed by atoms with Crippen LogP contribution < -0.4 is 0 Å². The number of nitrogens with zero attached hydrogens (tertiary/aromatic N) is 1. The molecular formula is C14H20ClNO. The van der Waals surface area contributed by atoms with Crippen LogP contribution in [0.3, 0.4) is 0 Å². The quantitative estimate of drug-likeness (QED) is 0.737. The number of alkyl halides is 1. The molecule has 2 nitrogen and oxygen atoms in total. The third-order valence-electron chi connectivity index (χ3n) is 3.12. The Hall–Kier alpha value is -1.02. The van der Waals surface area contributed by atoms with E-state index in [4.69, 9.17) is 11.6 Å². The minimum absolute atomic E-state index is 0.0431. The molecule has 0 spiro atoms. The van der Waals surface area contributed by atoms with Crippen LogP contribution >= 0.6 is 11.6 Å². The Labute approximate surface area is 109 Å². The number of amides is 1. The molecule has 0 heterocycles. The summed E-state index contributed by atoms with van der Waals surface area (Å²) < 4.78 is 0. The Morgan fingerprint density at radius 3 is 2.41 bits per heavy atom. The Balaban J connectivity index is 2.65. The highest BCUT2D eigenvalue weighted by atomic mass is 35.5. The van der Waals surface area contributed by atoms with Gasteiger partial charge in [0.15, 0.2) is 0 Å². The lowest BCUT2D eigenvalue weighted by Crippen LogP contribution is -2.27. The average Bonchev–Trinajstić information content (AvgIpc) is 2.37. The number of hydrogen-bond donors (Lipinski definition) is 0. The summed E-state index contributed by atoms with van der Waals surface area (Å²) >= 11 is 5.51. The predicted molar refractivity (Wildman–Crippen MR) is 72.3 cm³/mol. The van der Waals surface area contributed by atoms with Gasteiger partial charge in [-0.1, -0.05) is 38.1 Å². The number of rotatable bonds is 5. The molecule has 0 saturated heterocycles. The van der Waals surface area contributed by atoms with Gasteiger partial charge in [0.25, 0.3) is 0 Å². The van der Waals surface area contributed by atoms with Gasteiger partial charge in [-0.15, -0.1) is 11.6 Å². The van der Waals surface area contributed by atoms with Crippen molar-refractivity contribution in [1.29, 1.82) is 0 Å². The Morgan fingerprint density at radius 2 is 1.94 bits per heavy atom. The van der Waals surface area contributed by atoms with Crippen molar-refractivity contribution >= 4 is 17.5 Å². The summed E-state index contributed by atoms with van der Waals surface area (Å²) in [7, 11) is 1.77. The van der Waals surface area contributed by atoms with Crippen molar-refractivity contribution in [3.8, 4) is 0 Å². The fourth-order valence-corrected chi connectivity index (χ4v) is 1.86. The van der Waals surface area contributed by atoms with E-state index in [-0.39, 0.29) is 11.8 Å². The molecule has 1 aromatic carbocycles. The zero-order chi connectivity index (χ0) is 12.8. The molecule has 0 radical (unpaired) electrons. The molecule has 1 aromatic rings. The molecule has 94 valence electrons. The zero-order valence-corrected chi connectivity index (χ0v) is 11.5. The topological polar surface area (TPSA) is 20.3 Å². The van der Waals surface area contributed by atoms with Gasteiger partial charge in [0, 0.05) is 13.6 Å². The molecule has 0 aliphatic heterocycles. The van der Waals surface area contributed by atoms with Crippen LogP contribution in [0.25, 0.3) is 0 Å². The fourth-order valence-electron chi connectivity index (χ4n) is 1.65. The summed E-state index contributed by atoms with van der Waals surface area (Å²) in [6.07, 6.45) is 1.14. The summed E-state index contributed by atoms with van der Waals surface area (Å²) in [4.78, 5) is 13.0. The van der Waals surface area contributed by atoms with Gasteiger partial charge in [0.1, 0.15) is 5.88 Å². The largest absolute Gasteiger partial charge is 0.340 e. The van der Waals surface area contributed by atoms with Gasteiger partial charge in [-0.05, 0) is 23.5 Å². The standard InChI is InChI=1S/C14H20ClNO/c1-4-11(2)13-7-5-12(6-8-13)10-16(3)14(17)9-15/h5-8,11H,4,9-10H2,1-3H3. The zero-order valence-electron chi connectivity index (χ0n) is 10.7. The molecule has 1 rings (SSSR count). The molecular weight excluding hydrogens is 234 g/mol. The highest BCUT2D eigenvalue weighted by molar-refractivity contribution is 6.27. The monoisotopic (exact) mass is 253 g/mol. The van der Waals surface area contributed by atoms with Crippen molar-refractivity contribution in [2.24, 2.45) is 0 Å². The fraction of sp³-hybridized carbons (Fsp3) is 0.500. The Bertz CT molecular complexity index is 361. The molecule has 0 aromatic heterocycles. The van der Waals surface area contributed by atoms with Gasteiger partial charge in [0.2, 0.25) is 5.91 Å². The van der Waals surface area contributed by atoms with E-state index < -0.39 is 0 Å². The third kappa shape index (κ3) is 4.04. The first-order valence-corrected chi connectivity index (χ1v) is 6.50. The lowest BCUT2D eigenvalue weighted by molar-refractivity contribution is -0.127. The van der Waals surface area contributed by atoms with Gasteiger partial charge in [-0.2, -0.15) is 0 Å². The SMILES string of the molecule is CCC(C)c1ccc(CN(C)C(=O)CCl)cc1. The molecule has 3 heteroatoms. The van der Waals surface area contributed by atoms with Crippen molar-refractivity contribution in [3.63, 3.8) is 0 Å². The van der Waals surface area contributed by atoms with Gasteiger partial charge in [-0.25, -0.2) is 0 Å². The van der Waals surface area contributed by atoms with Crippen LogP contribution in [0.5, 0.6) is 0 Å². The summed E-state index contributed by atoms with van der Waals surface area (Å²) in [5.74, 6) is 0.588. The maximum absolute atomic E-state index is 11.3. The van der Waals surface area contributed by atoms with Crippen LogP contribution in [-0.2, 0) is 11.3 Å². The molecule has 0 N–H and O–H groups in total. The molecule has 0 aliphatic carbocycles. The molecule has 17 heavy (non-hydrogen) atoms. The molecule has 0 bridgehead atoms. The molecule has 1 atom stereocenters. The highest BCUT2D eigenvalue weighted by Crippen LogP contribution is 2.19. The van der Waals surface area contributed by atoms with Crippen molar-refractivity contribution < 1.29 is 4.79 Å². The third-order valence-corrected chi connectivity index (χ3v) is 3.35. The number of carbonyl (C=O) groups excluding carboxylic acids is 1. The van der Waals surface area contributed by atoms with Gasteiger partial charge >= 0.3 is 0 Å². The van der Waals surface area contributed by atoms with Crippen molar-refractivity contribution in [2.45, 2.75) is 32.7 Å². The number of halogens is 1. The van der Waals surface area contributed by atoms with Gasteiger partial charge in [-0.3, -0.25) is 4.79 Å². The van der Waals surface area contributed by atoms with E-state index >= 15 is 0 Å². The van der Waals surface area contributed by atoms with Crippen molar-refractivity contribution in [2.75, 3.05) is 12.9 Å². The van der Waals surface area contributed by atoms with E-state index in [1.165, 1.54) is 5.56 Å². The Morgan fingerprint density at radius 1 is 1.35 bits per heavy atom. The predicted octanol–water partition coefficient (Wildman–Crippen LogP) is 3.40. The second-order valence-corrected chi connectivity index (χ2v) is 4.70. The van der Waals surface area contributed by atoms with Gasteiger partial charge in [0.05, 0.1) is 0 Å². The summed E-state index contributed by atoms with van der Waals surface area (Å²) in [6.45, 7) is 5.02. The minimum atomic E-state index is -0.0438. The lowest BCUT2D eigenvalue weighted by Gasteiger charge is -2.16. The van der Waals surface area contributed by atoms with E-state index in [0.29, 0.717) is 12.5 Å². The van der Waals surface area contributed by atoms with Crippen LogP contribution in [0.1, 0.15) is 37.3 Å². The molecule has 0 fully saturated rings. The highest BCUT2D eigenvalue weighted by Gasteiger charge is 2.08. The first kappa shape index (κ1) is 14.0. The maximum Gasteiger partial charge on any atom is 0.237 e. The number of benzene rings is 1. The second-order valence-electron chi connectivity index (χ2n) is 4.43. The first-order chi connectivity index (χ1) is 8.08. The second kappa shape index (κ2) is 6.65. The first-order valence-electron chi connectivity index (χ1n) is 5.97. The Kier molecular flexibility index (Phi) is 5.49. The van der Waals surface area contributed by atoms with E-state index in [0.717, 1.165) is 12.0 Å². The van der Waals surface area contributed by atoms with Gasteiger partial charge < -0.3 is 4.90 Å². The normalized spacial score (nSPS) is 12.2. The van der Waals surface area contributed by atoms with E-state index in [1.807, 2.05) is 0 Å². The van der Waals surface area contributed by atoms with E-state index in [9.17, 15) is 4.79 Å². The van der Waals surface area contributed by atoms with E-state index in [1.54, 1.807) is 11.9 Å². The molecule has 1 unspecified atom stereocenters. The van der Waals surface area contributed by atoms with Crippen LogP contribution in [0, 0.1) is 0 Å². The number of hydrogen-bond acceptors (Lipinski definition) is 1. The van der Waals surface area contributed by atoms with Crippen LogP contribution in [0.2, 0.25) is 0 Å². The minimum Gasteiger partial charge on any atom is -0.340 e. The van der Waals surface area contributed by atoms with Crippen LogP contribution in [-0.4, -0.2) is 23.7 Å². The van der Waals surface area contributed by atoms with Crippen molar-refractivity contribution in [1.82, 2.24) is 4.90 Å².